The van der Waals surface area contributed by atoms with Gasteiger partial charge in [0.05, 0.1) is 19.1 Å². The van der Waals surface area contributed by atoms with Crippen molar-refractivity contribution >= 4 is 29.2 Å². The summed E-state index contributed by atoms with van der Waals surface area (Å²) in [6, 6.07) is 5.89. The maximum absolute atomic E-state index is 5.75. The topological polar surface area (TPSA) is 43.7 Å². The molecule has 2 rings (SSSR count). The quantitative estimate of drug-likeness (QED) is 0.767. The van der Waals surface area contributed by atoms with E-state index in [1.54, 1.807) is 26.6 Å². The fraction of sp³-hybridized carbons (Fsp3) is 0.286. The molecule has 0 fully saturated rings. The number of hydrogen-bond donors (Lipinski definition) is 0. The van der Waals surface area contributed by atoms with Crippen LogP contribution in [0.2, 0.25) is 4.47 Å². The molecule has 0 saturated carbocycles. The van der Waals surface area contributed by atoms with Gasteiger partial charge in [0.1, 0.15) is 0 Å². The van der Waals surface area contributed by atoms with Crippen molar-refractivity contribution in [3.8, 4) is 11.5 Å². The van der Waals surface area contributed by atoms with E-state index < -0.39 is 0 Å². The Morgan fingerprint density at radius 2 is 2.10 bits per heavy atom. The van der Waals surface area contributed by atoms with E-state index >= 15 is 0 Å². The molecule has 0 N–H and O–H groups in total. The summed E-state index contributed by atoms with van der Waals surface area (Å²) >= 11 is 7.16. The number of nitrogens with zero attached hydrogens (tertiary/aromatic N) is 2. The molecule has 0 saturated heterocycles. The van der Waals surface area contributed by atoms with Crippen LogP contribution in [0.1, 0.15) is 10.4 Å². The molecule has 2 aromatic rings. The lowest BCUT2D eigenvalue weighted by molar-refractivity contribution is 0.354. The molecule has 0 aliphatic heterocycles. The number of aromatic nitrogens is 1. The van der Waals surface area contributed by atoms with Gasteiger partial charge in [0.25, 0.3) is 0 Å². The van der Waals surface area contributed by atoms with E-state index in [0.29, 0.717) is 11.0 Å². The van der Waals surface area contributed by atoms with Crippen LogP contribution in [0.15, 0.2) is 29.4 Å². The third-order valence-electron chi connectivity index (χ3n) is 2.69. The number of methoxy groups -OCH3 is 2. The second-order valence-corrected chi connectivity index (χ2v) is 5.63. The van der Waals surface area contributed by atoms with Gasteiger partial charge in [-0.1, -0.05) is 17.7 Å². The van der Waals surface area contributed by atoms with Gasteiger partial charge < -0.3 is 9.47 Å². The number of hydrogen-bond acceptors (Lipinski definition) is 5. The summed E-state index contributed by atoms with van der Waals surface area (Å²) in [5, 5.41) is 0. The molecule has 0 aliphatic carbocycles. The molecule has 0 amide bonds. The van der Waals surface area contributed by atoms with Gasteiger partial charge in [0.2, 0.25) is 0 Å². The Labute approximate surface area is 127 Å². The summed E-state index contributed by atoms with van der Waals surface area (Å²) in [6.07, 6.45) is 4.35. The van der Waals surface area contributed by atoms with Crippen molar-refractivity contribution in [3.63, 3.8) is 0 Å². The minimum absolute atomic E-state index is 0.534. The molecule has 20 heavy (non-hydrogen) atoms. The van der Waals surface area contributed by atoms with Crippen molar-refractivity contribution in [2.75, 3.05) is 20.8 Å². The molecular weight excluding hydrogens is 296 g/mol. The Morgan fingerprint density at radius 3 is 2.75 bits per heavy atom. The number of rotatable bonds is 6. The Morgan fingerprint density at radius 1 is 1.30 bits per heavy atom. The van der Waals surface area contributed by atoms with E-state index in [2.05, 4.69) is 9.98 Å². The van der Waals surface area contributed by atoms with E-state index in [1.165, 1.54) is 11.3 Å². The lowest BCUT2D eigenvalue weighted by atomic mass is 10.1. The van der Waals surface area contributed by atoms with Crippen LogP contribution < -0.4 is 9.47 Å². The first-order valence-corrected chi connectivity index (χ1v) is 7.24. The molecular formula is C14H15ClN2O2S. The standard InChI is InChI=1S/C14H15ClN2O2S/c1-18-12-4-3-10(7-13(12)19-2)5-6-16-8-11-9-17-14(15)20-11/h3-4,7-9H,5-6H2,1-2H3. The highest BCUT2D eigenvalue weighted by atomic mass is 35.5. The van der Waals surface area contributed by atoms with E-state index in [4.69, 9.17) is 21.1 Å². The summed E-state index contributed by atoms with van der Waals surface area (Å²) in [6.45, 7) is 0.699. The highest BCUT2D eigenvalue weighted by molar-refractivity contribution is 7.17. The fourth-order valence-corrected chi connectivity index (χ4v) is 2.56. The highest BCUT2D eigenvalue weighted by Crippen LogP contribution is 2.27. The van der Waals surface area contributed by atoms with Crippen LogP contribution >= 0.6 is 22.9 Å². The Kier molecular flexibility index (Phi) is 5.38. The smallest absolute Gasteiger partial charge is 0.184 e. The van der Waals surface area contributed by atoms with Gasteiger partial charge in [-0.25, -0.2) is 4.98 Å². The molecule has 0 atom stereocenters. The number of halogens is 1. The maximum Gasteiger partial charge on any atom is 0.184 e. The van der Waals surface area contributed by atoms with Crippen LogP contribution in [0, 0.1) is 0 Å². The largest absolute Gasteiger partial charge is 0.493 e. The molecule has 6 heteroatoms. The third-order valence-corrected chi connectivity index (χ3v) is 3.74. The Balaban J connectivity index is 1.92. The van der Waals surface area contributed by atoms with Gasteiger partial charge in [-0.3, -0.25) is 4.99 Å². The molecule has 4 nitrogen and oxygen atoms in total. The first-order chi connectivity index (χ1) is 9.72. The van der Waals surface area contributed by atoms with Gasteiger partial charge in [-0.05, 0) is 24.1 Å². The fourth-order valence-electron chi connectivity index (χ4n) is 1.71. The van der Waals surface area contributed by atoms with Crippen molar-refractivity contribution in [1.82, 2.24) is 4.98 Å². The normalized spacial score (nSPS) is 10.9. The van der Waals surface area contributed by atoms with Crippen molar-refractivity contribution in [3.05, 3.63) is 39.3 Å². The van der Waals surface area contributed by atoms with Crippen molar-refractivity contribution in [2.24, 2.45) is 4.99 Å². The van der Waals surface area contributed by atoms with E-state index in [1.807, 2.05) is 18.2 Å². The summed E-state index contributed by atoms with van der Waals surface area (Å²) in [7, 11) is 3.26. The minimum Gasteiger partial charge on any atom is -0.493 e. The summed E-state index contributed by atoms with van der Waals surface area (Å²) in [5.74, 6) is 1.47. The SMILES string of the molecule is COc1ccc(CCN=Cc2cnc(Cl)s2)cc1OC. The second-order valence-electron chi connectivity index (χ2n) is 3.99. The summed E-state index contributed by atoms with van der Waals surface area (Å²) < 4.78 is 11.0. The highest BCUT2D eigenvalue weighted by Gasteiger charge is 2.03. The molecule has 0 bridgehead atoms. The molecule has 1 aromatic carbocycles. The zero-order chi connectivity index (χ0) is 14.4. The summed E-state index contributed by atoms with van der Waals surface area (Å²) in [4.78, 5) is 9.28. The number of thiazole rings is 1. The van der Waals surface area contributed by atoms with Crippen LogP contribution in [-0.2, 0) is 6.42 Å². The molecule has 0 radical (unpaired) electrons. The van der Waals surface area contributed by atoms with Crippen LogP contribution in [-0.4, -0.2) is 32.0 Å². The van der Waals surface area contributed by atoms with Gasteiger partial charge in [0.15, 0.2) is 16.0 Å². The average molecular weight is 311 g/mol. The lowest BCUT2D eigenvalue weighted by Crippen LogP contribution is -1.94. The average Bonchev–Trinajstić information content (AvgIpc) is 2.89. The van der Waals surface area contributed by atoms with Crippen LogP contribution in [0.3, 0.4) is 0 Å². The van der Waals surface area contributed by atoms with Crippen molar-refractivity contribution < 1.29 is 9.47 Å². The monoisotopic (exact) mass is 310 g/mol. The van der Waals surface area contributed by atoms with Gasteiger partial charge >= 0.3 is 0 Å². The number of aliphatic imine (C=N–C) groups is 1. The molecule has 0 unspecified atom stereocenters. The Hall–Kier alpha value is -1.59. The van der Waals surface area contributed by atoms with Gasteiger partial charge in [-0.15, -0.1) is 11.3 Å². The predicted molar refractivity (Wildman–Crippen MR) is 82.8 cm³/mol. The molecule has 0 aliphatic rings. The Bertz CT molecular complexity index is 599. The first-order valence-electron chi connectivity index (χ1n) is 6.05. The predicted octanol–water partition coefficient (Wildman–Crippen LogP) is 3.48. The van der Waals surface area contributed by atoms with E-state index in [-0.39, 0.29) is 0 Å². The molecule has 1 aromatic heterocycles. The number of ether oxygens (including phenoxy) is 2. The maximum atomic E-state index is 5.75. The number of benzene rings is 1. The first kappa shape index (κ1) is 14.8. The molecule has 0 spiro atoms. The van der Waals surface area contributed by atoms with Crippen molar-refractivity contribution in [1.29, 1.82) is 0 Å². The van der Waals surface area contributed by atoms with Crippen LogP contribution in [0.25, 0.3) is 0 Å². The lowest BCUT2D eigenvalue weighted by Gasteiger charge is -2.08. The zero-order valence-electron chi connectivity index (χ0n) is 11.3. The van der Waals surface area contributed by atoms with Crippen molar-refractivity contribution in [2.45, 2.75) is 6.42 Å². The van der Waals surface area contributed by atoms with E-state index in [9.17, 15) is 0 Å². The van der Waals surface area contributed by atoms with Gasteiger partial charge in [0, 0.05) is 19.0 Å². The van der Waals surface area contributed by atoms with E-state index in [0.717, 1.165) is 28.4 Å². The van der Waals surface area contributed by atoms with Gasteiger partial charge in [-0.2, -0.15) is 0 Å². The zero-order valence-corrected chi connectivity index (χ0v) is 12.9. The summed E-state index contributed by atoms with van der Waals surface area (Å²) in [5.41, 5.74) is 1.15. The van der Waals surface area contributed by atoms with Crippen LogP contribution in [0.5, 0.6) is 11.5 Å². The molecule has 1 heterocycles. The van der Waals surface area contributed by atoms with Crippen LogP contribution in [0.4, 0.5) is 0 Å². The third kappa shape index (κ3) is 3.95. The minimum atomic E-state index is 0.534. The second kappa shape index (κ2) is 7.26. The molecule has 106 valence electrons.